The summed E-state index contributed by atoms with van der Waals surface area (Å²) < 4.78 is 0. The monoisotopic (exact) mass is 211 g/mol. The molecule has 2 rings (SSSR count). The van der Waals surface area contributed by atoms with Crippen molar-refractivity contribution in [2.45, 2.75) is 60.0 Å². The minimum Gasteiger partial charge on any atom is -0.284 e. The normalized spacial score (nSPS) is 44.2. The SMILES string of the molecule is CC(C)C1N2[C@@H](C(C)C)N[C@@H](C(C)C)N12. The van der Waals surface area contributed by atoms with E-state index in [0.29, 0.717) is 30.3 Å². The van der Waals surface area contributed by atoms with Crippen LogP contribution in [0.15, 0.2) is 0 Å². The Bertz CT molecular complexity index is 217. The Hall–Kier alpha value is -0.120. The lowest BCUT2D eigenvalue weighted by atomic mass is 10.1. The molecular weight excluding hydrogens is 186 g/mol. The molecule has 0 aromatic carbocycles. The van der Waals surface area contributed by atoms with E-state index >= 15 is 0 Å². The average Bonchev–Trinajstić information content (AvgIpc) is 2.70. The quantitative estimate of drug-likeness (QED) is 0.721. The standard InChI is InChI=1S/C12H25N3/c1-7(2)10-13-11(8(3)4)15-12(9(5)6)14(10)15/h7-13H,1-6H3/t10-,11+,12?,14?,15?. The van der Waals surface area contributed by atoms with Gasteiger partial charge in [-0.25, -0.2) is 10.0 Å². The third kappa shape index (κ3) is 1.71. The molecule has 0 saturated carbocycles. The van der Waals surface area contributed by atoms with Crippen LogP contribution >= 0.6 is 0 Å². The van der Waals surface area contributed by atoms with E-state index in [9.17, 15) is 0 Å². The van der Waals surface area contributed by atoms with Gasteiger partial charge < -0.3 is 0 Å². The molecule has 0 radical (unpaired) electrons. The van der Waals surface area contributed by atoms with Crippen molar-refractivity contribution in [3.05, 3.63) is 0 Å². The molecule has 5 atom stereocenters. The molecule has 0 aliphatic carbocycles. The molecule has 88 valence electrons. The lowest BCUT2D eigenvalue weighted by Gasteiger charge is -2.25. The molecule has 0 aromatic rings. The Morgan fingerprint density at radius 2 is 1.13 bits per heavy atom. The van der Waals surface area contributed by atoms with E-state index in [4.69, 9.17) is 0 Å². The highest BCUT2D eigenvalue weighted by Crippen LogP contribution is 2.44. The summed E-state index contributed by atoms with van der Waals surface area (Å²) in [4.78, 5) is 0. The summed E-state index contributed by atoms with van der Waals surface area (Å²) in [6.07, 6.45) is 1.76. The number of nitrogens with one attached hydrogen (secondary N) is 1. The van der Waals surface area contributed by atoms with E-state index in [1.165, 1.54) is 0 Å². The molecule has 0 aromatic heterocycles. The van der Waals surface area contributed by atoms with Gasteiger partial charge in [0.1, 0.15) is 0 Å². The van der Waals surface area contributed by atoms with Gasteiger partial charge in [-0.3, -0.25) is 5.32 Å². The summed E-state index contributed by atoms with van der Waals surface area (Å²) in [6, 6.07) is 0. The number of hydrogen-bond acceptors (Lipinski definition) is 3. The van der Waals surface area contributed by atoms with Crippen LogP contribution in [0.4, 0.5) is 0 Å². The molecule has 1 N–H and O–H groups in total. The summed E-state index contributed by atoms with van der Waals surface area (Å²) in [6.45, 7) is 13.8. The molecule has 15 heavy (non-hydrogen) atoms. The van der Waals surface area contributed by atoms with Gasteiger partial charge in [-0.2, -0.15) is 0 Å². The molecule has 0 bridgehead atoms. The molecule has 0 spiro atoms. The molecule has 2 aliphatic heterocycles. The van der Waals surface area contributed by atoms with E-state index < -0.39 is 0 Å². The van der Waals surface area contributed by atoms with Crippen LogP contribution in [0.25, 0.3) is 0 Å². The van der Waals surface area contributed by atoms with Gasteiger partial charge in [-0.1, -0.05) is 41.5 Å². The maximum absolute atomic E-state index is 3.73. The van der Waals surface area contributed by atoms with Crippen LogP contribution in [0.3, 0.4) is 0 Å². The molecule has 2 heterocycles. The van der Waals surface area contributed by atoms with Crippen molar-refractivity contribution < 1.29 is 0 Å². The van der Waals surface area contributed by atoms with Gasteiger partial charge in [0.15, 0.2) is 0 Å². The fourth-order valence-electron chi connectivity index (χ4n) is 2.76. The predicted octanol–water partition coefficient (Wildman–Crippen LogP) is 2.07. The number of hydrogen-bond donors (Lipinski definition) is 1. The van der Waals surface area contributed by atoms with Crippen molar-refractivity contribution in [2.24, 2.45) is 17.8 Å². The van der Waals surface area contributed by atoms with Crippen LogP contribution in [-0.2, 0) is 0 Å². The first-order chi connectivity index (χ1) is 6.95. The molecular formula is C12H25N3. The van der Waals surface area contributed by atoms with Gasteiger partial charge in [0.2, 0.25) is 0 Å². The summed E-state index contributed by atoms with van der Waals surface area (Å²) in [5.74, 6) is 2.09. The second-order valence-corrected chi connectivity index (χ2v) is 5.96. The Morgan fingerprint density at radius 1 is 0.733 bits per heavy atom. The zero-order chi connectivity index (χ0) is 11.3. The lowest BCUT2D eigenvalue weighted by Crippen LogP contribution is -2.46. The average molecular weight is 211 g/mol. The minimum absolute atomic E-state index is 0.546. The third-order valence-electron chi connectivity index (χ3n) is 3.53. The van der Waals surface area contributed by atoms with Gasteiger partial charge >= 0.3 is 0 Å². The second-order valence-electron chi connectivity index (χ2n) is 5.96. The Kier molecular flexibility index (Phi) is 2.82. The second kappa shape index (κ2) is 3.72. The van der Waals surface area contributed by atoms with Crippen molar-refractivity contribution in [1.29, 1.82) is 0 Å². The highest BCUT2D eigenvalue weighted by atomic mass is 15.9. The van der Waals surface area contributed by atoms with Crippen LogP contribution in [0.5, 0.6) is 0 Å². The van der Waals surface area contributed by atoms with E-state index in [-0.39, 0.29) is 0 Å². The maximum Gasteiger partial charge on any atom is 0.0954 e. The van der Waals surface area contributed by atoms with Crippen molar-refractivity contribution in [2.75, 3.05) is 0 Å². The first-order valence-corrected chi connectivity index (χ1v) is 6.27. The topological polar surface area (TPSA) is 18.0 Å². The largest absolute Gasteiger partial charge is 0.284 e. The highest BCUT2D eigenvalue weighted by Gasteiger charge is 2.60. The number of rotatable bonds is 3. The van der Waals surface area contributed by atoms with Crippen LogP contribution in [-0.4, -0.2) is 28.5 Å². The first kappa shape index (κ1) is 11.4. The van der Waals surface area contributed by atoms with Crippen molar-refractivity contribution >= 4 is 0 Å². The van der Waals surface area contributed by atoms with Crippen molar-refractivity contribution in [3.63, 3.8) is 0 Å². The maximum atomic E-state index is 3.73. The number of hydrazine groups is 1. The summed E-state index contributed by atoms with van der Waals surface area (Å²) in [7, 11) is 0. The lowest BCUT2D eigenvalue weighted by molar-refractivity contribution is 0.241. The Labute approximate surface area is 93.8 Å². The summed E-state index contributed by atoms with van der Waals surface area (Å²) >= 11 is 0. The van der Waals surface area contributed by atoms with E-state index in [1.54, 1.807) is 0 Å². The van der Waals surface area contributed by atoms with Crippen molar-refractivity contribution in [1.82, 2.24) is 15.3 Å². The van der Waals surface area contributed by atoms with E-state index in [2.05, 4.69) is 56.9 Å². The molecule has 3 nitrogen and oxygen atoms in total. The van der Waals surface area contributed by atoms with Crippen LogP contribution in [0, 0.1) is 17.8 Å². The zero-order valence-corrected chi connectivity index (χ0v) is 10.9. The number of nitrogens with zero attached hydrogens (tertiary/aromatic N) is 2. The van der Waals surface area contributed by atoms with Gasteiger partial charge in [0, 0.05) is 0 Å². The van der Waals surface area contributed by atoms with E-state index in [0.717, 1.165) is 5.92 Å². The Balaban J connectivity index is 2.10. The van der Waals surface area contributed by atoms with E-state index in [1.807, 2.05) is 0 Å². The van der Waals surface area contributed by atoms with Crippen molar-refractivity contribution in [3.8, 4) is 0 Å². The molecule has 2 fully saturated rings. The predicted molar refractivity (Wildman–Crippen MR) is 62.7 cm³/mol. The first-order valence-electron chi connectivity index (χ1n) is 6.27. The molecule has 2 aliphatic rings. The zero-order valence-electron chi connectivity index (χ0n) is 10.9. The molecule has 3 heteroatoms. The summed E-state index contributed by atoms with van der Waals surface area (Å²) in [5.41, 5.74) is 0. The number of fused-ring (bicyclic) bond motifs is 1. The smallest absolute Gasteiger partial charge is 0.0954 e. The Morgan fingerprint density at radius 3 is 1.40 bits per heavy atom. The van der Waals surface area contributed by atoms with Crippen LogP contribution < -0.4 is 5.32 Å². The molecule has 0 amide bonds. The molecule has 2 saturated heterocycles. The minimum atomic E-state index is 0.546. The molecule has 3 unspecified atom stereocenters. The fraction of sp³-hybridized carbons (Fsp3) is 1.00. The van der Waals surface area contributed by atoms with Crippen LogP contribution in [0.2, 0.25) is 0 Å². The van der Waals surface area contributed by atoms with Crippen LogP contribution in [0.1, 0.15) is 41.5 Å². The van der Waals surface area contributed by atoms with Gasteiger partial charge in [0.05, 0.1) is 18.5 Å². The van der Waals surface area contributed by atoms with Gasteiger partial charge in [-0.05, 0) is 17.8 Å². The highest BCUT2D eigenvalue weighted by molar-refractivity contribution is 5.01. The van der Waals surface area contributed by atoms with Gasteiger partial charge in [0.25, 0.3) is 0 Å². The van der Waals surface area contributed by atoms with Gasteiger partial charge in [-0.15, -0.1) is 0 Å². The summed E-state index contributed by atoms with van der Waals surface area (Å²) in [5, 5.41) is 8.81. The fourth-order valence-corrected chi connectivity index (χ4v) is 2.76. The third-order valence-corrected chi connectivity index (χ3v) is 3.53.